The first-order chi connectivity index (χ1) is 9.00. The van der Waals surface area contributed by atoms with Crippen LogP contribution < -0.4 is 16.4 Å². The third-order valence-electron chi connectivity index (χ3n) is 3.64. The second kappa shape index (κ2) is 5.92. The zero-order valence-electron chi connectivity index (χ0n) is 11.1. The van der Waals surface area contributed by atoms with Gasteiger partial charge in [-0.15, -0.1) is 0 Å². The van der Waals surface area contributed by atoms with Gasteiger partial charge in [0, 0.05) is 23.2 Å². The Morgan fingerprint density at radius 3 is 3.00 bits per heavy atom. The molecular weight excluding hydrogens is 306 g/mol. The van der Waals surface area contributed by atoms with Crippen molar-refractivity contribution in [2.75, 3.05) is 25.0 Å². The minimum Gasteiger partial charge on any atom is -0.384 e. The lowest BCUT2D eigenvalue weighted by Gasteiger charge is -2.34. The van der Waals surface area contributed by atoms with Gasteiger partial charge in [0.15, 0.2) is 0 Å². The van der Waals surface area contributed by atoms with Gasteiger partial charge >= 0.3 is 0 Å². The topological polar surface area (TPSA) is 67.1 Å². The molecule has 2 rings (SSSR count). The Balaban J connectivity index is 2.08. The molecule has 0 spiro atoms. The van der Waals surface area contributed by atoms with Crippen LogP contribution in [0.5, 0.6) is 0 Å². The number of nitrogens with one attached hydrogen (secondary N) is 2. The first-order valence-corrected chi connectivity index (χ1v) is 7.33. The summed E-state index contributed by atoms with van der Waals surface area (Å²) in [4.78, 5) is 11.5. The van der Waals surface area contributed by atoms with E-state index >= 15 is 0 Å². The smallest absolute Gasteiger partial charge is 0.250 e. The highest BCUT2D eigenvalue weighted by Gasteiger charge is 2.26. The van der Waals surface area contributed by atoms with E-state index < -0.39 is 5.91 Å². The Hall–Kier alpha value is -1.07. The number of anilines is 1. The summed E-state index contributed by atoms with van der Waals surface area (Å²) in [6.45, 7) is 5.19. The maximum absolute atomic E-state index is 11.5. The number of piperidine rings is 1. The summed E-state index contributed by atoms with van der Waals surface area (Å²) in [5, 5.41) is 6.79. The molecule has 1 amide bonds. The highest BCUT2D eigenvalue weighted by molar-refractivity contribution is 9.10. The lowest BCUT2D eigenvalue weighted by Crippen LogP contribution is -2.42. The Bertz CT molecular complexity index is 470. The molecule has 1 unspecified atom stereocenters. The molecule has 1 fully saturated rings. The minimum atomic E-state index is -0.407. The maximum Gasteiger partial charge on any atom is 0.250 e. The van der Waals surface area contributed by atoms with Crippen LogP contribution in [0.4, 0.5) is 5.69 Å². The third kappa shape index (κ3) is 3.70. The number of primary amides is 1. The molecule has 0 radical (unpaired) electrons. The van der Waals surface area contributed by atoms with Gasteiger partial charge in [0.2, 0.25) is 0 Å². The molecule has 0 aromatic heterocycles. The van der Waals surface area contributed by atoms with Gasteiger partial charge in [-0.25, -0.2) is 0 Å². The standard InChI is InChI=1S/C14H20BrN3O/c1-14(5-2-6-17-8-14)9-18-12-4-3-10(15)7-11(12)13(16)19/h3-4,7,17-18H,2,5-6,8-9H2,1H3,(H2,16,19). The number of carbonyl (C=O) groups excluding carboxylic acids is 1. The Labute approximate surface area is 122 Å². The van der Waals surface area contributed by atoms with Crippen LogP contribution >= 0.6 is 15.9 Å². The fourth-order valence-electron chi connectivity index (χ4n) is 2.45. The molecule has 104 valence electrons. The van der Waals surface area contributed by atoms with Crippen LogP contribution in [0.25, 0.3) is 0 Å². The van der Waals surface area contributed by atoms with Crippen molar-refractivity contribution in [3.05, 3.63) is 28.2 Å². The SMILES string of the molecule is CC1(CNc2ccc(Br)cc2C(N)=O)CCCNC1. The Morgan fingerprint density at radius 1 is 1.58 bits per heavy atom. The minimum absolute atomic E-state index is 0.222. The Kier molecular flexibility index (Phi) is 4.47. The van der Waals surface area contributed by atoms with Gasteiger partial charge in [-0.1, -0.05) is 22.9 Å². The van der Waals surface area contributed by atoms with E-state index in [0.717, 1.165) is 29.8 Å². The zero-order chi connectivity index (χ0) is 13.9. The molecule has 4 N–H and O–H groups in total. The van der Waals surface area contributed by atoms with Gasteiger partial charge in [-0.3, -0.25) is 4.79 Å². The fourth-order valence-corrected chi connectivity index (χ4v) is 2.81. The maximum atomic E-state index is 11.5. The van der Waals surface area contributed by atoms with E-state index in [4.69, 9.17) is 5.73 Å². The van der Waals surface area contributed by atoms with Crippen molar-refractivity contribution < 1.29 is 4.79 Å². The molecule has 5 heteroatoms. The van der Waals surface area contributed by atoms with E-state index in [1.165, 1.54) is 12.8 Å². The molecule has 4 nitrogen and oxygen atoms in total. The van der Waals surface area contributed by atoms with Gasteiger partial charge in [0.05, 0.1) is 5.56 Å². The first kappa shape index (κ1) is 14.3. The van der Waals surface area contributed by atoms with E-state index in [1.807, 2.05) is 12.1 Å². The van der Waals surface area contributed by atoms with Crippen LogP contribution in [0.1, 0.15) is 30.1 Å². The third-order valence-corrected chi connectivity index (χ3v) is 4.13. The number of hydrogen-bond acceptors (Lipinski definition) is 3. The number of halogens is 1. The summed E-state index contributed by atoms with van der Waals surface area (Å²) < 4.78 is 0.859. The van der Waals surface area contributed by atoms with Crippen molar-refractivity contribution in [1.29, 1.82) is 0 Å². The number of rotatable bonds is 4. The quantitative estimate of drug-likeness (QED) is 0.796. The van der Waals surface area contributed by atoms with Crippen molar-refractivity contribution >= 4 is 27.5 Å². The highest BCUT2D eigenvalue weighted by atomic mass is 79.9. The molecule has 1 aliphatic heterocycles. The van der Waals surface area contributed by atoms with E-state index in [1.54, 1.807) is 6.07 Å². The second-order valence-corrected chi connectivity index (χ2v) is 6.41. The fraction of sp³-hybridized carbons (Fsp3) is 0.500. The molecule has 1 saturated heterocycles. The lowest BCUT2D eigenvalue weighted by molar-refractivity contribution is 0.100. The van der Waals surface area contributed by atoms with E-state index in [2.05, 4.69) is 33.5 Å². The van der Waals surface area contributed by atoms with Crippen molar-refractivity contribution in [3.8, 4) is 0 Å². The monoisotopic (exact) mass is 325 g/mol. The highest BCUT2D eigenvalue weighted by Crippen LogP contribution is 2.27. The van der Waals surface area contributed by atoms with Crippen LogP contribution in [-0.4, -0.2) is 25.5 Å². The average Bonchev–Trinajstić information content (AvgIpc) is 2.38. The van der Waals surface area contributed by atoms with Gasteiger partial charge in [-0.05, 0) is 43.0 Å². The van der Waals surface area contributed by atoms with Crippen LogP contribution in [0.2, 0.25) is 0 Å². The normalized spacial score (nSPS) is 23.1. The van der Waals surface area contributed by atoms with Crippen LogP contribution in [0, 0.1) is 5.41 Å². The largest absolute Gasteiger partial charge is 0.384 e. The molecule has 1 heterocycles. The van der Waals surface area contributed by atoms with E-state index in [-0.39, 0.29) is 5.41 Å². The van der Waals surface area contributed by atoms with Crippen molar-refractivity contribution in [2.45, 2.75) is 19.8 Å². The summed E-state index contributed by atoms with van der Waals surface area (Å²) >= 11 is 3.36. The summed E-state index contributed by atoms with van der Waals surface area (Å²) in [5.74, 6) is -0.407. The first-order valence-electron chi connectivity index (χ1n) is 6.54. The molecule has 1 aromatic rings. The van der Waals surface area contributed by atoms with E-state index in [0.29, 0.717) is 5.56 Å². The van der Waals surface area contributed by atoms with Crippen molar-refractivity contribution in [2.24, 2.45) is 11.1 Å². The van der Waals surface area contributed by atoms with Gasteiger partial charge in [0.1, 0.15) is 0 Å². The van der Waals surface area contributed by atoms with Gasteiger partial charge < -0.3 is 16.4 Å². The summed E-state index contributed by atoms with van der Waals surface area (Å²) in [6, 6.07) is 5.56. The predicted octanol–water partition coefficient (Wildman–Crippen LogP) is 2.35. The molecule has 1 atom stereocenters. The molecule has 1 aromatic carbocycles. The van der Waals surface area contributed by atoms with Crippen molar-refractivity contribution in [1.82, 2.24) is 5.32 Å². The lowest BCUT2D eigenvalue weighted by atomic mass is 9.82. The summed E-state index contributed by atoms with van der Waals surface area (Å²) in [5.41, 5.74) is 6.97. The van der Waals surface area contributed by atoms with Gasteiger partial charge in [-0.2, -0.15) is 0 Å². The number of amides is 1. The number of hydrogen-bond donors (Lipinski definition) is 3. The second-order valence-electron chi connectivity index (χ2n) is 5.50. The van der Waals surface area contributed by atoms with Crippen LogP contribution in [0.15, 0.2) is 22.7 Å². The molecule has 1 aliphatic rings. The molecule has 19 heavy (non-hydrogen) atoms. The summed E-state index contributed by atoms with van der Waals surface area (Å²) in [6.07, 6.45) is 2.39. The summed E-state index contributed by atoms with van der Waals surface area (Å²) in [7, 11) is 0. The van der Waals surface area contributed by atoms with Crippen LogP contribution in [0.3, 0.4) is 0 Å². The predicted molar refractivity (Wildman–Crippen MR) is 81.4 cm³/mol. The zero-order valence-corrected chi connectivity index (χ0v) is 12.7. The number of benzene rings is 1. The average molecular weight is 326 g/mol. The molecule has 0 bridgehead atoms. The van der Waals surface area contributed by atoms with E-state index in [9.17, 15) is 4.79 Å². The Morgan fingerprint density at radius 2 is 2.37 bits per heavy atom. The number of carbonyl (C=O) groups is 1. The van der Waals surface area contributed by atoms with Crippen LogP contribution in [-0.2, 0) is 0 Å². The molecule has 0 saturated carbocycles. The molecule has 0 aliphatic carbocycles. The van der Waals surface area contributed by atoms with Crippen molar-refractivity contribution in [3.63, 3.8) is 0 Å². The van der Waals surface area contributed by atoms with Gasteiger partial charge in [0.25, 0.3) is 5.91 Å². The number of nitrogens with two attached hydrogens (primary N) is 1. The molecular formula is C14H20BrN3O.